The number of halogens is 2. The number of esters is 1. The van der Waals surface area contributed by atoms with Crippen molar-refractivity contribution in [3.8, 4) is 0 Å². The summed E-state index contributed by atoms with van der Waals surface area (Å²) in [5.41, 5.74) is 0.365. The van der Waals surface area contributed by atoms with Crippen molar-refractivity contribution in [2.45, 2.75) is 13.5 Å². The van der Waals surface area contributed by atoms with Crippen LogP contribution in [0.2, 0.25) is 0 Å². The third kappa shape index (κ3) is 3.48. The molecule has 0 amide bonds. The Morgan fingerprint density at radius 3 is 2.73 bits per heavy atom. The summed E-state index contributed by atoms with van der Waals surface area (Å²) >= 11 is 3.13. The Labute approximate surface area is 134 Å². The van der Waals surface area contributed by atoms with Crippen LogP contribution in [-0.4, -0.2) is 10.9 Å². The van der Waals surface area contributed by atoms with Crippen molar-refractivity contribution in [3.05, 3.63) is 73.5 Å². The third-order valence-corrected chi connectivity index (χ3v) is 3.59. The SMILES string of the molecule is Cc1c(C(=O)OCc2ccc(Br)cc2F)cccc1[N+](=O)[O-]. The Hall–Kier alpha value is -2.28. The van der Waals surface area contributed by atoms with Crippen LogP contribution in [0.25, 0.3) is 0 Å². The molecule has 0 aliphatic heterocycles. The van der Waals surface area contributed by atoms with Gasteiger partial charge in [0.05, 0.1) is 10.5 Å². The predicted octanol–water partition coefficient (Wildman–Crippen LogP) is 4.16. The summed E-state index contributed by atoms with van der Waals surface area (Å²) in [7, 11) is 0. The molecule has 0 bridgehead atoms. The largest absolute Gasteiger partial charge is 0.457 e. The van der Waals surface area contributed by atoms with Gasteiger partial charge in [0.1, 0.15) is 12.4 Å². The molecule has 0 unspecified atom stereocenters. The standard InChI is InChI=1S/C15H11BrFNO4/c1-9-12(3-2-4-14(9)18(20)21)15(19)22-8-10-5-6-11(16)7-13(10)17/h2-7H,8H2,1H3. The van der Waals surface area contributed by atoms with Crippen molar-refractivity contribution in [2.24, 2.45) is 0 Å². The van der Waals surface area contributed by atoms with Crippen molar-refractivity contribution in [1.29, 1.82) is 0 Å². The fourth-order valence-electron chi connectivity index (χ4n) is 1.90. The van der Waals surface area contributed by atoms with Crippen LogP contribution in [0.5, 0.6) is 0 Å². The highest BCUT2D eigenvalue weighted by Gasteiger charge is 2.19. The molecule has 0 saturated carbocycles. The molecule has 0 saturated heterocycles. The van der Waals surface area contributed by atoms with Gasteiger partial charge in [0.25, 0.3) is 5.69 Å². The van der Waals surface area contributed by atoms with Gasteiger partial charge < -0.3 is 4.74 Å². The maximum absolute atomic E-state index is 13.6. The highest BCUT2D eigenvalue weighted by atomic mass is 79.9. The second-order valence-electron chi connectivity index (χ2n) is 4.52. The van der Waals surface area contributed by atoms with Crippen LogP contribution in [0.15, 0.2) is 40.9 Å². The van der Waals surface area contributed by atoms with Crippen molar-refractivity contribution in [3.63, 3.8) is 0 Å². The van der Waals surface area contributed by atoms with Crippen LogP contribution < -0.4 is 0 Å². The molecule has 22 heavy (non-hydrogen) atoms. The van der Waals surface area contributed by atoms with Crippen molar-refractivity contribution in [2.75, 3.05) is 0 Å². The minimum Gasteiger partial charge on any atom is -0.457 e. The van der Waals surface area contributed by atoms with Gasteiger partial charge in [-0.2, -0.15) is 0 Å². The summed E-state index contributed by atoms with van der Waals surface area (Å²) in [5, 5.41) is 10.9. The number of nitrogens with zero attached hydrogens (tertiary/aromatic N) is 1. The first kappa shape index (κ1) is 16.1. The fraction of sp³-hybridized carbons (Fsp3) is 0.133. The van der Waals surface area contributed by atoms with E-state index >= 15 is 0 Å². The lowest BCUT2D eigenvalue weighted by molar-refractivity contribution is -0.385. The lowest BCUT2D eigenvalue weighted by Crippen LogP contribution is -2.09. The van der Waals surface area contributed by atoms with Gasteiger partial charge in [-0.3, -0.25) is 10.1 Å². The summed E-state index contributed by atoms with van der Waals surface area (Å²) < 4.78 is 19.3. The molecule has 0 atom stereocenters. The van der Waals surface area contributed by atoms with Gasteiger partial charge >= 0.3 is 5.97 Å². The van der Waals surface area contributed by atoms with E-state index in [4.69, 9.17) is 4.74 Å². The van der Waals surface area contributed by atoms with E-state index < -0.39 is 16.7 Å². The number of hydrogen-bond acceptors (Lipinski definition) is 4. The Balaban J connectivity index is 2.16. The van der Waals surface area contributed by atoms with Gasteiger partial charge in [-0.25, -0.2) is 9.18 Å². The fourth-order valence-corrected chi connectivity index (χ4v) is 2.24. The highest BCUT2D eigenvalue weighted by Crippen LogP contribution is 2.22. The number of rotatable bonds is 4. The number of hydrogen-bond donors (Lipinski definition) is 0. The van der Waals surface area contributed by atoms with Crippen LogP contribution in [0.4, 0.5) is 10.1 Å². The molecule has 0 radical (unpaired) electrons. The molecule has 0 heterocycles. The summed E-state index contributed by atoms with van der Waals surface area (Å²) in [6.45, 7) is 1.22. The Morgan fingerprint density at radius 2 is 2.09 bits per heavy atom. The van der Waals surface area contributed by atoms with E-state index in [1.54, 1.807) is 6.07 Å². The first-order chi connectivity index (χ1) is 10.4. The predicted molar refractivity (Wildman–Crippen MR) is 81.1 cm³/mol. The number of nitro groups is 1. The molecule has 0 aliphatic carbocycles. The van der Waals surface area contributed by atoms with Gasteiger partial charge in [-0.1, -0.05) is 28.1 Å². The first-order valence-corrected chi connectivity index (χ1v) is 7.04. The van der Waals surface area contributed by atoms with Crippen LogP contribution in [0.1, 0.15) is 21.5 Å². The normalized spacial score (nSPS) is 10.3. The van der Waals surface area contributed by atoms with Crippen LogP contribution in [0, 0.1) is 22.9 Å². The number of carbonyl (C=O) groups is 1. The molecule has 114 valence electrons. The molecule has 0 spiro atoms. The van der Waals surface area contributed by atoms with E-state index in [9.17, 15) is 19.3 Å². The third-order valence-electron chi connectivity index (χ3n) is 3.10. The average Bonchev–Trinajstić information content (AvgIpc) is 2.46. The summed E-state index contributed by atoms with van der Waals surface area (Å²) in [6, 6.07) is 8.53. The molecule has 2 rings (SSSR count). The second kappa shape index (κ2) is 6.65. The average molecular weight is 368 g/mol. The molecule has 0 aromatic heterocycles. The summed E-state index contributed by atoms with van der Waals surface area (Å²) in [4.78, 5) is 22.3. The second-order valence-corrected chi connectivity index (χ2v) is 5.43. The molecular weight excluding hydrogens is 357 g/mol. The van der Waals surface area contributed by atoms with Gasteiger partial charge in [-0.15, -0.1) is 0 Å². The zero-order valence-corrected chi connectivity index (χ0v) is 13.1. The zero-order valence-electron chi connectivity index (χ0n) is 11.5. The molecule has 2 aromatic rings. The number of benzene rings is 2. The lowest BCUT2D eigenvalue weighted by atomic mass is 10.1. The van der Waals surface area contributed by atoms with Gasteiger partial charge in [-0.05, 0) is 25.1 Å². The smallest absolute Gasteiger partial charge is 0.338 e. The maximum atomic E-state index is 13.6. The Morgan fingerprint density at radius 1 is 1.36 bits per heavy atom. The monoisotopic (exact) mass is 367 g/mol. The quantitative estimate of drug-likeness (QED) is 0.462. The van der Waals surface area contributed by atoms with Crippen molar-refractivity contribution < 1.29 is 18.8 Å². The molecule has 5 nitrogen and oxygen atoms in total. The van der Waals surface area contributed by atoms with E-state index in [0.717, 1.165) is 0 Å². The van der Waals surface area contributed by atoms with Crippen LogP contribution in [0.3, 0.4) is 0 Å². The molecular formula is C15H11BrFNO4. The highest BCUT2D eigenvalue weighted by molar-refractivity contribution is 9.10. The molecule has 0 N–H and O–H groups in total. The summed E-state index contributed by atoms with van der Waals surface area (Å²) in [6.07, 6.45) is 0. The topological polar surface area (TPSA) is 69.4 Å². The van der Waals surface area contributed by atoms with Crippen LogP contribution >= 0.6 is 15.9 Å². The van der Waals surface area contributed by atoms with E-state index in [-0.39, 0.29) is 29.0 Å². The van der Waals surface area contributed by atoms with Gasteiger partial charge in [0.2, 0.25) is 0 Å². The zero-order chi connectivity index (χ0) is 16.3. The van der Waals surface area contributed by atoms with Crippen molar-refractivity contribution in [1.82, 2.24) is 0 Å². The van der Waals surface area contributed by atoms with E-state index in [2.05, 4.69) is 15.9 Å². The van der Waals surface area contributed by atoms with E-state index in [0.29, 0.717) is 4.47 Å². The van der Waals surface area contributed by atoms with Gasteiger partial charge in [0, 0.05) is 21.7 Å². The molecule has 7 heteroatoms. The number of ether oxygens (including phenoxy) is 1. The number of nitro benzene ring substituents is 1. The van der Waals surface area contributed by atoms with Crippen LogP contribution in [-0.2, 0) is 11.3 Å². The molecule has 2 aromatic carbocycles. The molecule has 0 aliphatic rings. The first-order valence-electron chi connectivity index (χ1n) is 6.25. The number of carbonyl (C=O) groups excluding carboxylic acids is 1. The minimum atomic E-state index is -0.733. The Bertz CT molecular complexity index is 748. The molecule has 0 fully saturated rings. The van der Waals surface area contributed by atoms with E-state index in [1.165, 1.54) is 37.3 Å². The van der Waals surface area contributed by atoms with Gasteiger partial charge in [0.15, 0.2) is 0 Å². The summed E-state index contributed by atoms with van der Waals surface area (Å²) in [5.74, 6) is -1.23. The van der Waals surface area contributed by atoms with E-state index in [1.807, 2.05) is 0 Å². The van der Waals surface area contributed by atoms with Crippen molar-refractivity contribution >= 4 is 27.6 Å². The Kier molecular flexibility index (Phi) is 4.87. The lowest BCUT2D eigenvalue weighted by Gasteiger charge is -2.08. The minimum absolute atomic E-state index is 0.0896. The maximum Gasteiger partial charge on any atom is 0.338 e.